The molecule has 2 aliphatic rings. The van der Waals surface area contributed by atoms with E-state index >= 15 is 0 Å². The highest BCUT2D eigenvalue weighted by molar-refractivity contribution is 5.78. The van der Waals surface area contributed by atoms with Gasteiger partial charge in [0, 0.05) is 32.8 Å². The summed E-state index contributed by atoms with van der Waals surface area (Å²) in [5.74, 6) is 0.280. The van der Waals surface area contributed by atoms with Crippen molar-refractivity contribution in [2.24, 2.45) is 0 Å². The van der Waals surface area contributed by atoms with E-state index in [0.29, 0.717) is 12.6 Å². The Morgan fingerprint density at radius 2 is 2.05 bits per heavy atom. The molecule has 2 aliphatic heterocycles. The Labute approximate surface area is 122 Å². The normalized spacial score (nSPS) is 22.6. The van der Waals surface area contributed by atoms with Gasteiger partial charge in [-0.1, -0.05) is 11.6 Å². The van der Waals surface area contributed by atoms with Gasteiger partial charge in [0.1, 0.15) is 0 Å². The lowest BCUT2D eigenvalue weighted by molar-refractivity contribution is -0.131. The molecule has 4 heteroatoms. The summed E-state index contributed by atoms with van der Waals surface area (Å²) in [7, 11) is 0. The number of nitrogens with zero attached hydrogens (tertiary/aromatic N) is 2. The zero-order chi connectivity index (χ0) is 14.4. The van der Waals surface area contributed by atoms with Crippen molar-refractivity contribution in [3.05, 3.63) is 11.6 Å². The lowest BCUT2D eigenvalue weighted by Gasteiger charge is -2.26. The maximum atomic E-state index is 12.3. The van der Waals surface area contributed by atoms with E-state index in [1.54, 1.807) is 0 Å². The summed E-state index contributed by atoms with van der Waals surface area (Å²) >= 11 is 0. The van der Waals surface area contributed by atoms with E-state index in [9.17, 15) is 4.79 Å². The molecule has 0 aromatic heterocycles. The molecular weight excluding hydrogens is 252 g/mol. The highest BCUT2D eigenvalue weighted by Crippen LogP contribution is 2.14. The third-order valence-corrected chi connectivity index (χ3v) is 4.06. The molecule has 2 fully saturated rings. The topological polar surface area (TPSA) is 32.8 Å². The summed E-state index contributed by atoms with van der Waals surface area (Å²) in [6.07, 6.45) is 7.11. The van der Waals surface area contributed by atoms with Gasteiger partial charge in [0.05, 0.1) is 12.6 Å². The molecule has 0 aromatic rings. The summed E-state index contributed by atoms with van der Waals surface area (Å²) in [5, 5.41) is 0. The number of carbonyl (C=O) groups excluding carboxylic acids is 1. The van der Waals surface area contributed by atoms with Crippen LogP contribution in [0.15, 0.2) is 11.6 Å². The molecule has 2 saturated heterocycles. The van der Waals surface area contributed by atoms with E-state index in [1.807, 2.05) is 4.90 Å². The molecule has 1 atom stereocenters. The first-order chi connectivity index (χ1) is 9.65. The second-order valence-electron chi connectivity index (χ2n) is 6.20. The van der Waals surface area contributed by atoms with E-state index in [1.165, 1.54) is 5.57 Å². The molecule has 0 unspecified atom stereocenters. The number of likely N-dealkylation sites (tertiary alicyclic amines) is 1. The second kappa shape index (κ2) is 7.79. The van der Waals surface area contributed by atoms with Gasteiger partial charge < -0.3 is 9.64 Å². The minimum atomic E-state index is 0.280. The second-order valence-corrected chi connectivity index (χ2v) is 6.20. The summed E-state index contributed by atoms with van der Waals surface area (Å²) in [4.78, 5) is 16.5. The quantitative estimate of drug-likeness (QED) is 0.698. The van der Waals surface area contributed by atoms with Crippen LogP contribution < -0.4 is 0 Å². The molecule has 0 aromatic carbocycles. The SMILES string of the molecule is CC(C)=CCN(CC(=O)N1CCCC1)C[C@@H]1CCCO1. The summed E-state index contributed by atoms with van der Waals surface area (Å²) < 4.78 is 5.71. The zero-order valence-corrected chi connectivity index (χ0v) is 12.9. The first-order valence-corrected chi connectivity index (χ1v) is 7.90. The van der Waals surface area contributed by atoms with Crippen molar-refractivity contribution in [1.82, 2.24) is 9.80 Å². The third-order valence-electron chi connectivity index (χ3n) is 4.06. The van der Waals surface area contributed by atoms with Gasteiger partial charge in [-0.3, -0.25) is 9.69 Å². The van der Waals surface area contributed by atoms with Crippen molar-refractivity contribution in [3.8, 4) is 0 Å². The fourth-order valence-corrected chi connectivity index (χ4v) is 2.85. The molecule has 2 heterocycles. The van der Waals surface area contributed by atoms with E-state index in [4.69, 9.17) is 4.74 Å². The lowest BCUT2D eigenvalue weighted by Crippen LogP contribution is -2.42. The Balaban J connectivity index is 1.86. The van der Waals surface area contributed by atoms with E-state index in [0.717, 1.165) is 58.5 Å². The predicted octanol–water partition coefficient (Wildman–Crippen LogP) is 2.06. The van der Waals surface area contributed by atoms with Crippen LogP contribution in [0.2, 0.25) is 0 Å². The van der Waals surface area contributed by atoms with Gasteiger partial charge >= 0.3 is 0 Å². The van der Waals surface area contributed by atoms with Crippen LogP contribution >= 0.6 is 0 Å². The molecule has 0 radical (unpaired) electrons. The molecule has 0 bridgehead atoms. The van der Waals surface area contributed by atoms with Crippen LogP contribution in [0.1, 0.15) is 39.5 Å². The van der Waals surface area contributed by atoms with Gasteiger partial charge in [0.25, 0.3) is 0 Å². The first-order valence-electron chi connectivity index (χ1n) is 7.90. The number of carbonyl (C=O) groups is 1. The summed E-state index contributed by atoms with van der Waals surface area (Å²) in [6, 6.07) is 0. The highest BCUT2D eigenvalue weighted by Gasteiger charge is 2.23. The minimum Gasteiger partial charge on any atom is -0.377 e. The van der Waals surface area contributed by atoms with Gasteiger partial charge in [0.2, 0.25) is 5.91 Å². The molecule has 0 spiro atoms. The smallest absolute Gasteiger partial charge is 0.236 e. The fourth-order valence-electron chi connectivity index (χ4n) is 2.85. The van der Waals surface area contributed by atoms with Crippen LogP contribution in [0, 0.1) is 0 Å². The van der Waals surface area contributed by atoms with Gasteiger partial charge in [-0.2, -0.15) is 0 Å². The zero-order valence-electron chi connectivity index (χ0n) is 12.9. The number of ether oxygens (including phenoxy) is 1. The van der Waals surface area contributed by atoms with Crippen LogP contribution in [0.25, 0.3) is 0 Å². The van der Waals surface area contributed by atoms with Crippen molar-refractivity contribution < 1.29 is 9.53 Å². The standard InChI is InChI=1S/C16H28N2O2/c1-14(2)7-10-17(12-15-6-5-11-20-15)13-16(19)18-8-3-4-9-18/h7,15H,3-6,8-13H2,1-2H3/t15-/m0/s1. The maximum Gasteiger partial charge on any atom is 0.236 e. The third kappa shape index (κ3) is 4.91. The van der Waals surface area contributed by atoms with Gasteiger partial charge in [-0.15, -0.1) is 0 Å². The Morgan fingerprint density at radius 3 is 2.65 bits per heavy atom. The van der Waals surface area contributed by atoms with Crippen LogP contribution in [-0.4, -0.2) is 61.1 Å². The maximum absolute atomic E-state index is 12.3. The van der Waals surface area contributed by atoms with Crippen molar-refractivity contribution in [2.45, 2.75) is 45.6 Å². The van der Waals surface area contributed by atoms with Crippen LogP contribution in [-0.2, 0) is 9.53 Å². The van der Waals surface area contributed by atoms with Gasteiger partial charge in [-0.25, -0.2) is 0 Å². The van der Waals surface area contributed by atoms with Gasteiger partial charge in [0.15, 0.2) is 0 Å². The molecule has 1 amide bonds. The minimum absolute atomic E-state index is 0.280. The van der Waals surface area contributed by atoms with Crippen molar-refractivity contribution in [3.63, 3.8) is 0 Å². The van der Waals surface area contributed by atoms with Crippen LogP contribution in [0.3, 0.4) is 0 Å². The molecule has 0 aliphatic carbocycles. The van der Waals surface area contributed by atoms with E-state index < -0.39 is 0 Å². The molecule has 20 heavy (non-hydrogen) atoms. The molecule has 114 valence electrons. The summed E-state index contributed by atoms with van der Waals surface area (Å²) in [6.45, 7) is 9.22. The first kappa shape index (κ1) is 15.5. The summed E-state index contributed by atoms with van der Waals surface area (Å²) in [5.41, 5.74) is 1.30. The Kier molecular flexibility index (Phi) is 6.05. The van der Waals surface area contributed by atoms with Crippen LogP contribution in [0.5, 0.6) is 0 Å². The average Bonchev–Trinajstić information content (AvgIpc) is 3.08. The number of rotatable bonds is 6. The predicted molar refractivity (Wildman–Crippen MR) is 80.7 cm³/mol. The Morgan fingerprint density at radius 1 is 1.30 bits per heavy atom. The van der Waals surface area contributed by atoms with Crippen LogP contribution in [0.4, 0.5) is 0 Å². The molecule has 4 nitrogen and oxygen atoms in total. The lowest BCUT2D eigenvalue weighted by atomic mass is 10.2. The number of hydrogen-bond donors (Lipinski definition) is 0. The Bertz CT molecular complexity index is 338. The average molecular weight is 280 g/mol. The number of hydrogen-bond acceptors (Lipinski definition) is 3. The largest absolute Gasteiger partial charge is 0.377 e. The molecule has 2 rings (SSSR count). The fraction of sp³-hybridized carbons (Fsp3) is 0.812. The Hall–Kier alpha value is -0.870. The number of allylic oxidation sites excluding steroid dienone is 1. The van der Waals surface area contributed by atoms with Crippen molar-refractivity contribution >= 4 is 5.91 Å². The van der Waals surface area contributed by atoms with E-state index in [2.05, 4.69) is 24.8 Å². The van der Waals surface area contributed by atoms with E-state index in [-0.39, 0.29) is 5.91 Å². The van der Waals surface area contributed by atoms with Crippen molar-refractivity contribution in [1.29, 1.82) is 0 Å². The monoisotopic (exact) mass is 280 g/mol. The highest BCUT2D eigenvalue weighted by atomic mass is 16.5. The molecular formula is C16H28N2O2. The van der Waals surface area contributed by atoms with Gasteiger partial charge in [-0.05, 0) is 39.5 Å². The molecule has 0 N–H and O–H groups in total. The molecule has 0 saturated carbocycles. The number of amides is 1. The van der Waals surface area contributed by atoms with Crippen molar-refractivity contribution in [2.75, 3.05) is 39.3 Å².